The largest absolute Gasteiger partial charge is 0.370 e. The first kappa shape index (κ1) is 15.5. The minimum atomic E-state index is 0.371. The summed E-state index contributed by atoms with van der Waals surface area (Å²) in [5, 5.41) is 7.09. The summed E-state index contributed by atoms with van der Waals surface area (Å²) < 4.78 is 5.19. The van der Waals surface area contributed by atoms with E-state index in [1.807, 2.05) is 6.07 Å². The topological polar surface area (TPSA) is 76.4 Å². The smallest absolute Gasteiger partial charge is 0.189 e. The minimum absolute atomic E-state index is 0.371. The van der Waals surface area contributed by atoms with E-state index in [1.54, 1.807) is 0 Å². The second kappa shape index (κ2) is 8.56. The number of nitrogens with one attached hydrogen (secondary N) is 1. The fourth-order valence-electron chi connectivity index (χ4n) is 1.66. The van der Waals surface area contributed by atoms with Gasteiger partial charge in [0.05, 0.1) is 5.69 Å². The molecule has 0 saturated heterocycles. The lowest BCUT2D eigenvalue weighted by Crippen LogP contribution is -2.32. The second-order valence-corrected chi connectivity index (χ2v) is 5.06. The maximum atomic E-state index is 5.78. The minimum Gasteiger partial charge on any atom is -0.370 e. The lowest BCUT2D eigenvalue weighted by Gasteiger charge is -2.04. The molecule has 1 rings (SSSR count). The predicted molar refractivity (Wildman–Crippen MR) is 78.1 cm³/mol. The highest BCUT2D eigenvalue weighted by Gasteiger charge is 2.06. The lowest BCUT2D eigenvalue weighted by atomic mass is 10.1. The van der Waals surface area contributed by atoms with Crippen LogP contribution in [0.5, 0.6) is 0 Å². The summed E-state index contributed by atoms with van der Waals surface area (Å²) in [4.78, 5) is 4.23. The molecule has 1 aromatic rings. The van der Waals surface area contributed by atoms with E-state index in [0.29, 0.717) is 18.4 Å². The molecule has 0 atom stereocenters. The molecule has 5 nitrogen and oxygen atoms in total. The average Bonchev–Trinajstić information content (AvgIpc) is 2.85. The van der Waals surface area contributed by atoms with Gasteiger partial charge < -0.3 is 15.6 Å². The molecule has 0 aliphatic carbocycles. The Morgan fingerprint density at radius 3 is 2.84 bits per heavy atom. The summed E-state index contributed by atoms with van der Waals surface area (Å²) in [6, 6.07) is 1.93. The Bertz CT molecular complexity index is 385. The molecule has 0 bridgehead atoms. The molecule has 0 spiro atoms. The highest BCUT2D eigenvalue weighted by atomic mass is 16.5. The van der Waals surface area contributed by atoms with Gasteiger partial charge in [0.25, 0.3) is 0 Å². The van der Waals surface area contributed by atoms with Crippen molar-refractivity contribution in [2.75, 3.05) is 6.54 Å². The zero-order valence-electron chi connectivity index (χ0n) is 12.3. The fourth-order valence-corrected chi connectivity index (χ4v) is 1.66. The molecule has 19 heavy (non-hydrogen) atoms. The van der Waals surface area contributed by atoms with E-state index in [0.717, 1.165) is 24.4 Å². The number of aromatic nitrogens is 1. The van der Waals surface area contributed by atoms with Gasteiger partial charge in [-0.3, -0.25) is 0 Å². The normalized spacial score (nSPS) is 12.1. The molecule has 0 radical (unpaired) electrons. The molecule has 0 fully saturated rings. The number of rotatable bonds is 8. The summed E-state index contributed by atoms with van der Waals surface area (Å²) in [5.41, 5.74) is 6.73. The van der Waals surface area contributed by atoms with Gasteiger partial charge in [0.15, 0.2) is 11.7 Å². The summed E-state index contributed by atoms with van der Waals surface area (Å²) >= 11 is 0. The van der Waals surface area contributed by atoms with Crippen LogP contribution in [0.25, 0.3) is 0 Å². The lowest BCUT2D eigenvalue weighted by molar-refractivity contribution is 0.376. The van der Waals surface area contributed by atoms with E-state index >= 15 is 0 Å². The zero-order valence-corrected chi connectivity index (χ0v) is 12.3. The van der Waals surface area contributed by atoms with E-state index in [4.69, 9.17) is 10.3 Å². The van der Waals surface area contributed by atoms with Crippen LogP contribution >= 0.6 is 0 Å². The first-order chi connectivity index (χ1) is 9.13. The van der Waals surface area contributed by atoms with Crippen LogP contribution in [0.4, 0.5) is 0 Å². The number of guanidine groups is 1. The van der Waals surface area contributed by atoms with Gasteiger partial charge in [-0.25, -0.2) is 4.99 Å². The van der Waals surface area contributed by atoms with Crippen molar-refractivity contribution in [1.82, 2.24) is 10.5 Å². The van der Waals surface area contributed by atoms with Gasteiger partial charge in [0.1, 0.15) is 6.54 Å². The number of nitrogens with two attached hydrogens (primary N) is 1. The molecular weight excluding hydrogens is 240 g/mol. The summed E-state index contributed by atoms with van der Waals surface area (Å²) in [5.74, 6) is 1.59. The third-order valence-electron chi connectivity index (χ3n) is 2.91. The van der Waals surface area contributed by atoms with Crippen LogP contribution in [0.3, 0.4) is 0 Å². The van der Waals surface area contributed by atoms with Crippen LogP contribution in [0.2, 0.25) is 0 Å². The maximum absolute atomic E-state index is 5.78. The highest BCUT2D eigenvalue weighted by Crippen LogP contribution is 2.14. The number of unbranched alkanes of at least 4 members (excludes halogenated alkanes) is 3. The van der Waals surface area contributed by atoms with Gasteiger partial charge >= 0.3 is 0 Å². The molecule has 1 heterocycles. The molecule has 0 amide bonds. The average molecular weight is 266 g/mol. The quantitative estimate of drug-likeness (QED) is 0.431. The van der Waals surface area contributed by atoms with Crippen molar-refractivity contribution in [3.63, 3.8) is 0 Å². The SMILES string of the molecule is CCCCCCNC(N)=NCc1cc(C(C)C)no1. The number of aliphatic imine (C=N–C) groups is 1. The van der Waals surface area contributed by atoms with E-state index < -0.39 is 0 Å². The van der Waals surface area contributed by atoms with Crippen molar-refractivity contribution < 1.29 is 4.52 Å². The third kappa shape index (κ3) is 6.27. The van der Waals surface area contributed by atoms with Gasteiger partial charge in [-0.15, -0.1) is 0 Å². The van der Waals surface area contributed by atoms with Crippen molar-refractivity contribution in [2.24, 2.45) is 10.7 Å². The Kier molecular flexibility index (Phi) is 7.00. The Morgan fingerprint density at radius 2 is 2.21 bits per heavy atom. The first-order valence-corrected chi connectivity index (χ1v) is 7.12. The van der Waals surface area contributed by atoms with Crippen LogP contribution in [0.1, 0.15) is 63.8 Å². The maximum Gasteiger partial charge on any atom is 0.189 e. The van der Waals surface area contributed by atoms with Gasteiger partial charge in [-0.2, -0.15) is 0 Å². The summed E-state index contributed by atoms with van der Waals surface area (Å²) in [6.45, 7) is 7.68. The Labute approximate surface area is 115 Å². The van der Waals surface area contributed by atoms with Crippen LogP contribution in [0, 0.1) is 0 Å². The Morgan fingerprint density at radius 1 is 1.42 bits per heavy atom. The van der Waals surface area contributed by atoms with Gasteiger partial charge in [0.2, 0.25) is 0 Å². The van der Waals surface area contributed by atoms with Crippen LogP contribution in [-0.4, -0.2) is 17.7 Å². The molecule has 0 saturated carbocycles. The molecule has 3 N–H and O–H groups in total. The van der Waals surface area contributed by atoms with Crippen LogP contribution < -0.4 is 11.1 Å². The van der Waals surface area contributed by atoms with Crippen LogP contribution in [0.15, 0.2) is 15.6 Å². The molecular formula is C14H26N4O. The van der Waals surface area contributed by atoms with E-state index in [9.17, 15) is 0 Å². The molecule has 0 aliphatic heterocycles. The number of hydrogen-bond acceptors (Lipinski definition) is 3. The molecule has 1 aromatic heterocycles. The van der Waals surface area contributed by atoms with E-state index in [1.165, 1.54) is 19.3 Å². The van der Waals surface area contributed by atoms with Crippen molar-refractivity contribution in [3.8, 4) is 0 Å². The number of hydrogen-bond donors (Lipinski definition) is 2. The molecule has 0 aromatic carbocycles. The van der Waals surface area contributed by atoms with Crippen molar-refractivity contribution in [1.29, 1.82) is 0 Å². The van der Waals surface area contributed by atoms with Gasteiger partial charge in [-0.1, -0.05) is 45.2 Å². The first-order valence-electron chi connectivity index (χ1n) is 7.12. The van der Waals surface area contributed by atoms with Gasteiger partial charge in [0, 0.05) is 12.6 Å². The molecule has 108 valence electrons. The third-order valence-corrected chi connectivity index (χ3v) is 2.91. The van der Waals surface area contributed by atoms with Gasteiger partial charge in [-0.05, 0) is 12.3 Å². The second-order valence-electron chi connectivity index (χ2n) is 5.06. The van der Waals surface area contributed by atoms with Crippen LogP contribution in [-0.2, 0) is 6.54 Å². The Hall–Kier alpha value is -1.52. The molecule has 0 aliphatic rings. The predicted octanol–water partition coefficient (Wildman–Crippen LogP) is 2.78. The van der Waals surface area contributed by atoms with Crippen molar-refractivity contribution >= 4 is 5.96 Å². The monoisotopic (exact) mass is 266 g/mol. The zero-order chi connectivity index (χ0) is 14.1. The summed E-state index contributed by atoms with van der Waals surface area (Å²) in [7, 11) is 0. The van der Waals surface area contributed by atoms with Crippen molar-refractivity contribution in [2.45, 2.75) is 58.9 Å². The standard InChI is InChI=1S/C14H26N4O/c1-4-5-6-7-8-16-14(15)17-10-12-9-13(11(2)3)18-19-12/h9,11H,4-8,10H2,1-3H3,(H3,15,16,17). The van der Waals surface area contributed by atoms with Crippen molar-refractivity contribution in [3.05, 3.63) is 17.5 Å². The van der Waals surface area contributed by atoms with E-state index in [-0.39, 0.29) is 0 Å². The summed E-state index contributed by atoms with van der Waals surface area (Å²) in [6.07, 6.45) is 4.88. The fraction of sp³-hybridized carbons (Fsp3) is 0.714. The molecule has 0 unspecified atom stereocenters. The Balaban J connectivity index is 2.26. The highest BCUT2D eigenvalue weighted by molar-refractivity contribution is 5.77. The van der Waals surface area contributed by atoms with E-state index in [2.05, 4.69) is 36.2 Å². The molecule has 5 heteroatoms. The number of nitrogens with zero attached hydrogens (tertiary/aromatic N) is 2.